The van der Waals surface area contributed by atoms with E-state index >= 15 is 0 Å². The summed E-state index contributed by atoms with van der Waals surface area (Å²) >= 11 is 1.85. The van der Waals surface area contributed by atoms with Crippen LogP contribution >= 0.6 is 11.8 Å². The number of guanidine groups is 1. The lowest BCUT2D eigenvalue weighted by Crippen LogP contribution is -2.41. The Morgan fingerprint density at radius 2 is 1.94 bits per heavy atom. The normalized spacial score (nSPS) is 12.9. The quantitative estimate of drug-likeness (QED) is 0.521. The molecule has 0 aromatic rings. The van der Waals surface area contributed by atoms with Gasteiger partial charge in [-0.2, -0.15) is 11.8 Å². The Balaban J connectivity index is 4.16. The van der Waals surface area contributed by atoms with Crippen molar-refractivity contribution in [1.29, 1.82) is 0 Å². The number of likely N-dealkylation sites (N-methyl/N-ethyl adjacent to an activating group) is 1. The third kappa shape index (κ3) is 8.64. The monoisotopic (exact) mass is 274 g/mol. The van der Waals surface area contributed by atoms with Gasteiger partial charge in [0.2, 0.25) is 0 Å². The Hall–Kier alpha value is -0.420. The van der Waals surface area contributed by atoms with E-state index in [1.54, 1.807) is 0 Å². The first kappa shape index (κ1) is 17.6. The highest BCUT2D eigenvalue weighted by Gasteiger charge is 2.15. The number of hydrogen-bond donors (Lipinski definition) is 2. The van der Waals surface area contributed by atoms with Gasteiger partial charge in [-0.3, -0.25) is 4.99 Å². The summed E-state index contributed by atoms with van der Waals surface area (Å²) in [5.74, 6) is 0.920. The molecule has 0 aliphatic carbocycles. The van der Waals surface area contributed by atoms with Gasteiger partial charge in [0.25, 0.3) is 0 Å². The van der Waals surface area contributed by atoms with Crippen molar-refractivity contribution in [2.24, 2.45) is 4.99 Å². The van der Waals surface area contributed by atoms with Gasteiger partial charge in [-0.1, -0.05) is 6.92 Å². The Labute approximate surface area is 117 Å². The van der Waals surface area contributed by atoms with Crippen LogP contribution in [0.25, 0.3) is 0 Å². The van der Waals surface area contributed by atoms with Gasteiger partial charge in [-0.25, -0.2) is 0 Å². The van der Waals surface area contributed by atoms with Gasteiger partial charge in [-0.05, 0) is 40.6 Å². The molecule has 0 radical (unpaired) electrons. The highest BCUT2D eigenvalue weighted by atomic mass is 32.2. The number of aliphatic imine (C=N–C) groups is 1. The van der Waals surface area contributed by atoms with Crippen molar-refractivity contribution in [2.45, 2.75) is 32.4 Å². The van der Waals surface area contributed by atoms with Crippen LogP contribution in [0.2, 0.25) is 0 Å². The summed E-state index contributed by atoms with van der Waals surface area (Å²) in [6.07, 6.45) is 2.13. The third-order valence-electron chi connectivity index (χ3n) is 2.84. The Kier molecular flexibility index (Phi) is 9.28. The largest absolute Gasteiger partial charge is 0.357 e. The van der Waals surface area contributed by atoms with Crippen molar-refractivity contribution in [3.8, 4) is 0 Å². The lowest BCUT2D eigenvalue weighted by atomic mass is 10.2. The summed E-state index contributed by atoms with van der Waals surface area (Å²) in [7, 11) is 2.13. The highest BCUT2D eigenvalue weighted by molar-refractivity contribution is 7.99. The Morgan fingerprint density at radius 3 is 2.44 bits per heavy atom. The number of hydrogen-bond acceptors (Lipinski definition) is 3. The van der Waals surface area contributed by atoms with E-state index in [0.717, 1.165) is 38.7 Å². The fourth-order valence-corrected chi connectivity index (χ4v) is 1.39. The third-order valence-corrected chi connectivity index (χ3v) is 4.07. The molecule has 0 aliphatic heterocycles. The molecule has 0 spiro atoms. The molecule has 0 atom stereocenters. The molecule has 2 N–H and O–H groups in total. The highest BCUT2D eigenvalue weighted by Crippen LogP contribution is 2.20. The summed E-state index contributed by atoms with van der Waals surface area (Å²) in [6, 6.07) is 0. The Bertz CT molecular complexity index is 241. The molecule has 0 fully saturated rings. The minimum Gasteiger partial charge on any atom is -0.357 e. The predicted molar refractivity (Wildman–Crippen MR) is 84.7 cm³/mol. The zero-order valence-electron chi connectivity index (χ0n) is 12.8. The van der Waals surface area contributed by atoms with Gasteiger partial charge in [-0.15, -0.1) is 0 Å². The first-order valence-electron chi connectivity index (χ1n) is 6.71. The summed E-state index contributed by atoms with van der Waals surface area (Å²) in [6.45, 7) is 13.5. The van der Waals surface area contributed by atoms with Crippen molar-refractivity contribution in [2.75, 3.05) is 46.0 Å². The molecule has 4 nitrogen and oxygen atoms in total. The first-order chi connectivity index (χ1) is 8.45. The lowest BCUT2D eigenvalue weighted by molar-refractivity contribution is 0.357. The van der Waals surface area contributed by atoms with E-state index in [0.29, 0.717) is 0 Å². The average Bonchev–Trinajstić information content (AvgIpc) is 2.35. The zero-order chi connectivity index (χ0) is 14.0. The second kappa shape index (κ2) is 9.50. The van der Waals surface area contributed by atoms with Gasteiger partial charge >= 0.3 is 0 Å². The van der Waals surface area contributed by atoms with Crippen LogP contribution in [-0.4, -0.2) is 61.6 Å². The van der Waals surface area contributed by atoms with Crippen molar-refractivity contribution in [1.82, 2.24) is 15.5 Å². The molecule has 18 heavy (non-hydrogen) atoms. The number of nitrogens with zero attached hydrogens (tertiary/aromatic N) is 2. The minimum absolute atomic E-state index is 0.197. The predicted octanol–water partition coefficient (Wildman–Crippen LogP) is 1.63. The van der Waals surface area contributed by atoms with Crippen LogP contribution in [-0.2, 0) is 0 Å². The molecule has 0 bridgehead atoms. The molecule has 0 heterocycles. The zero-order valence-corrected chi connectivity index (χ0v) is 13.7. The smallest absolute Gasteiger partial charge is 0.191 e. The van der Waals surface area contributed by atoms with E-state index in [-0.39, 0.29) is 4.75 Å². The first-order valence-corrected chi connectivity index (χ1v) is 7.93. The molecule has 0 aromatic carbocycles. The molecular weight excluding hydrogens is 244 g/mol. The van der Waals surface area contributed by atoms with Crippen LogP contribution in [0.5, 0.6) is 0 Å². The van der Waals surface area contributed by atoms with Gasteiger partial charge in [0.05, 0.1) is 6.54 Å². The summed E-state index contributed by atoms with van der Waals surface area (Å²) in [5, 5.41) is 6.65. The number of rotatable bonds is 8. The van der Waals surface area contributed by atoms with Crippen LogP contribution < -0.4 is 10.6 Å². The molecule has 0 aliphatic rings. The van der Waals surface area contributed by atoms with Crippen LogP contribution in [0.4, 0.5) is 0 Å². The molecule has 0 rings (SSSR count). The fourth-order valence-electron chi connectivity index (χ4n) is 1.20. The fraction of sp³-hybridized carbons (Fsp3) is 0.923. The standard InChI is InChI=1S/C13H30N4S/c1-7-14-12(15-9-10-17(5)8-2)16-11-13(3,4)18-6/h7-11H2,1-6H3,(H2,14,15,16). The molecule has 0 saturated carbocycles. The van der Waals surface area contributed by atoms with Crippen molar-refractivity contribution in [3.05, 3.63) is 0 Å². The van der Waals surface area contributed by atoms with Crippen molar-refractivity contribution < 1.29 is 0 Å². The van der Waals surface area contributed by atoms with E-state index in [4.69, 9.17) is 0 Å². The van der Waals surface area contributed by atoms with E-state index in [1.807, 2.05) is 11.8 Å². The van der Waals surface area contributed by atoms with Gasteiger partial charge in [0.15, 0.2) is 5.96 Å². The van der Waals surface area contributed by atoms with Crippen LogP contribution in [0.15, 0.2) is 4.99 Å². The average molecular weight is 274 g/mol. The van der Waals surface area contributed by atoms with E-state index in [9.17, 15) is 0 Å². The second-order valence-electron chi connectivity index (χ2n) is 4.98. The SMILES string of the molecule is CCNC(=NCC(C)(C)SC)NCCN(C)CC. The van der Waals surface area contributed by atoms with E-state index < -0.39 is 0 Å². The van der Waals surface area contributed by atoms with Gasteiger partial charge in [0.1, 0.15) is 0 Å². The maximum Gasteiger partial charge on any atom is 0.191 e. The summed E-state index contributed by atoms with van der Waals surface area (Å²) in [4.78, 5) is 6.91. The van der Waals surface area contributed by atoms with E-state index in [2.05, 4.69) is 61.5 Å². The van der Waals surface area contributed by atoms with E-state index in [1.165, 1.54) is 0 Å². The maximum atomic E-state index is 4.63. The second-order valence-corrected chi connectivity index (χ2v) is 6.50. The maximum absolute atomic E-state index is 4.63. The molecule has 0 amide bonds. The van der Waals surface area contributed by atoms with Crippen LogP contribution in [0, 0.1) is 0 Å². The minimum atomic E-state index is 0.197. The van der Waals surface area contributed by atoms with Gasteiger partial charge in [0, 0.05) is 24.4 Å². The summed E-state index contributed by atoms with van der Waals surface area (Å²) in [5.41, 5.74) is 0. The topological polar surface area (TPSA) is 39.7 Å². The Morgan fingerprint density at radius 1 is 1.28 bits per heavy atom. The van der Waals surface area contributed by atoms with Crippen LogP contribution in [0.1, 0.15) is 27.7 Å². The van der Waals surface area contributed by atoms with Crippen molar-refractivity contribution >= 4 is 17.7 Å². The number of nitrogens with one attached hydrogen (secondary N) is 2. The molecule has 108 valence electrons. The molecular formula is C13H30N4S. The lowest BCUT2D eigenvalue weighted by Gasteiger charge is -2.21. The molecule has 0 saturated heterocycles. The summed E-state index contributed by atoms with van der Waals surface area (Å²) < 4.78 is 0.197. The molecule has 0 unspecified atom stereocenters. The number of thioether (sulfide) groups is 1. The van der Waals surface area contributed by atoms with Gasteiger partial charge < -0.3 is 15.5 Å². The molecule has 5 heteroatoms. The van der Waals surface area contributed by atoms with Crippen molar-refractivity contribution in [3.63, 3.8) is 0 Å². The molecule has 0 aromatic heterocycles. The van der Waals surface area contributed by atoms with Crippen LogP contribution in [0.3, 0.4) is 0 Å².